The molecule has 20 heavy (non-hydrogen) atoms. The number of hydrogen-bond donors (Lipinski definition) is 2. The van der Waals surface area contributed by atoms with Crippen LogP contribution in [0.2, 0.25) is 0 Å². The number of nitrogens with one attached hydrogen (secondary N) is 1. The van der Waals surface area contributed by atoms with Crippen LogP contribution in [0.3, 0.4) is 0 Å². The number of hydrogen-bond acceptors (Lipinski definition) is 4. The lowest BCUT2D eigenvalue weighted by Crippen LogP contribution is -2.29. The lowest BCUT2D eigenvalue weighted by molar-refractivity contribution is -0.0436. The highest BCUT2D eigenvalue weighted by atomic mass is 32.2. The van der Waals surface area contributed by atoms with Gasteiger partial charge in [-0.2, -0.15) is 13.2 Å². The maximum Gasteiger partial charge on any atom is 0.501 e. The van der Waals surface area contributed by atoms with E-state index in [-0.39, 0.29) is 12.0 Å². The molecule has 1 aromatic carbocycles. The Morgan fingerprint density at radius 3 is 2.10 bits per heavy atom. The Balaban J connectivity index is 2.91. The van der Waals surface area contributed by atoms with Crippen molar-refractivity contribution in [3.8, 4) is 0 Å². The Hall–Kier alpha value is -1.28. The minimum atomic E-state index is -5.29. The smallest absolute Gasteiger partial charge is 0.382 e. The van der Waals surface area contributed by atoms with E-state index in [0.717, 1.165) is 12.1 Å². The monoisotopic (exact) mass is 310 g/mol. The van der Waals surface area contributed by atoms with Crippen molar-refractivity contribution in [2.75, 3.05) is 11.9 Å². The molecule has 8 heteroatoms. The molecule has 2 unspecified atom stereocenters. The van der Waals surface area contributed by atoms with Crippen LogP contribution in [0.15, 0.2) is 29.2 Å². The van der Waals surface area contributed by atoms with Crippen LogP contribution in [0.1, 0.15) is 13.8 Å². The van der Waals surface area contributed by atoms with E-state index in [2.05, 4.69) is 5.32 Å². The minimum absolute atomic E-state index is 0.0186. The van der Waals surface area contributed by atoms with Gasteiger partial charge in [-0.05, 0) is 43.7 Å². The van der Waals surface area contributed by atoms with E-state index < -0.39 is 20.2 Å². The first-order valence-electron chi connectivity index (χ1n) is 5.97. The second-order valence-corrected chi connectivity index (χ2v) is 6.56. The van der Waals surface area contributed by atoms with Gasteiger partial charge in [-0.25, -0.2) is 8.42 Å². The van der Waals surface area contributed by atoms with Crippen LogP contribution < -0.4 is 11.1 Å². The van der Waals surface area contributed by atoms with Crippen LogP contribution in [0.5, 0.6) is 0 Å². The van der Waals surface area contributed by atoms with Crippen LogP contribution in [0, 0.1) is 5.92 Å². The van der Waals surface area contributed by atoms with Gasteiger partial charge in [0.15, 0.2) is 0 Å². The van der Waals surface area contributed by atoms with E-state index in [0.29, 0.717) is 12.2 Å². The fraction of sp³-hybridized carbons (Fsp3) is 0.500. The molecule has 0 aliphatic heterocycles. The molecule has 3 N–H and O–H groups in total. The van der Waals surface area contributed by atoms with Gasteiger partial charge >= 0.3 is 5.51 Å². The summed E-state index contributed by atoms with van der Waals surface area (Å²) in [4.78, 5) is -0.768. The molecule has 0 heterocycles. The van der Waals surface area contributed by atoms with E-state index in [9.17, 15) is 21.6 Å². The van der Waals surface area contributed by atoms with Crippen molar-refractivity contribution >= 4 is 15.5 Å². The molecule has 0 aromatic heterocycles. The molecule has 0 saturated carbocycles. The minimum Gasteiger partial charge on any atom is -0.382 e. The molecule has 0 spiro atoms. The molecule has 0 amide bonds. The molecular weight excluding hydrogens is 293 g/mol. The Bertz CT molecular complexity index is 541. The molecule has 0 aliphatic carbocycles. The van der Waals surface area contributed by atoms with Crippen LogP contribution in [-0.2, 0) is 9.84 Å². The predicted octanol–water partition coefficient (Wildman–Crippen LogP) is 2.38. The number of nitrogens with two attached hydrogens (primary N) is 1. The standard InChI is InChI=1S/C12H17F3N2O2S/c1-8(7-16)9(2)17-10-3-5-11(6-4-10)20(18,19)12(13,14)15/h3-6,8-9,17H,7,16H2,1-2H3. The summed E-state index contributed by atoms with van der Waals surface area (Å²) in [5, 5.41) is 3.05. The molecule has 4 nitrogen and oxygen atoms in total. The van der Waals surface area contributed by atoms with Crippen LogP contribution in [0.25, 0.3) is 0 Å². The van der Waals surface area contributed by atoms with Crippen molar-refractivity contribution in [3.63, 3.8) is 0 Å². The van der Waals surface area contributed by atoms with Crippen molar-refractivity contribution in [2.24, 2.45) is 11.7 Å². The van der Waals surface area contributed by atoms with Crippen molar-refractivity contribution in [1.82, 2.24) is 0 Å². The largest absolute Gasteiger partial charge is 0.501 e. The Kier molecular flexibility index (Phi) is 5.04. The maximum absolute atomic E-state index is 12.4. The third-order valence-corrected chi connectivity index (χ3v) is 4.59. The first kappa shape index (κ1) is 16.8. The molecule has 0 bridgehead atoms. The van der Waals surface area contributed by atoms with Gasteiger partial charge in [0.25, 0.3) is 9.84 Å². The van der Waals surface area contributed by atoms with Crippen molar-refractivity contribution in [1.29, 1.82) is 0 Å². The Morgan fingerprint density at radius 1 is 1.20 bits per heavy atom. The Labute approximate surface area is 116 Å². The summed E-state index contributed by atoms with van der Waals surface area (Å²) < 4.78 is 59.5. The van der Waals surface area contributed by atoms with Gasteiger partial charge < -0.3 is 11.1 Å². The van der Waals surface area contributed by atoms with E-state index in [4.69, 9.17) is 5.73 Å². The van der Waals surface area contributed by atoms with Gasteiger partial charge in [0, 0.05) is 11.7 Å². The molecule has 0 radical (unpaired) electrons. The molecule has 0 aliphatic rings. The molecule has 2 atom stereocenters. The summed E-state index contributed by atoms with van der Waals surface area (Å²) in [6.45, 7) is 4.28. The molecule has 0 saturated heterocycles. The SMILES string of the molecule is CC(CN)C(C)Nc1ccc(S(=O)(=O)C(F)(F)F)cc1. The van der Waals surface area contributed by atoms with E-state index in [1.807, 2.05) is 13.8 Å². The molecule has 0 fully saturated rings. The van der Waals surface area contributed by atoms with Crippen LogP contribution in [-0.4, -0.2) is 26.5 Å². The van der Waals surface area contributed by atoms with Crippen molar-refractivity contribution in [3.05, 3.63) is 24.3 Å². The van der Waals surface area contributed by atoms with Gasteiger partial charge in [-0.1, -0.05) is 6.92 Å². The lowest BCUT2D eigenvalue weighted by Gasteiger charge is -2.21. The second kappa shape index (κ2) is 6.01. The van der Waals surface area contributed by atoms with E-state index in [1.165, 1.54) is 12.1 Å². The topological polar surface area (TPSA) is 72.2 Å². The van der Waals surface area contributed by atoms with Gasteiger partial charge in [-0.15, -0.1) is 0 Å². The Morgan fingerprint density at radius 2 is 1.70 bits per heavy atom. The van der Waals surface area contributed by atoms with Crippen LogP contribution in [0.4, 0.5) is 18.9 Å². The first-order valence-corrected chi connectivity index (χ1v) is 7.46. The zero-order valence-corrected chi connectivity index (χ0v) is 11.9. The highest BCUT2D eigenvalue weighted by molar-refractivity contribution is 7.92. The van der Waals surface area contributed by atoms with E-state index >= 15 is 0 Å². The average Bonchev–Trinajstić information content (AvgIpc) is 2.37. The summed E-state index contributed by atoms with van der Waals surface area (Å²) in [5.41, 5.74) is 0.764. The molecule has 1 rings (SSSR count). The van der Waals surface area contributed by atoms with Gasteiger partial charge in [0.1, 0.15) is 0 Å². The quantitative estimate of drug-likeness (QED) is 0.876. The summed E-state index contributed by atoms with van der Waals surface area (Å²) in [7, 11) is -5.29. The average molecular weight is 310 g/mol. The molecule has 114 valence electrons. The van der Waals surface area contributed by atoms with Crippen molar-refractivity contribution < 1.29 is 21.6 Å². The lowest BCUT2D eigenvalue weighted by atomic mass is 10.0. The molecule has 1 aromatic rings. The van der Waals surface area contributed by atoms with Gasteiger partial charge in [0.05, 0.1) is 4.90 Å². The van der Waals surface area contributed by atoms with Crippen molar-refractivity contribution in [2.45, 2.75) is 30.3 Å². The first-order chi connectivity index (χ1) is 9.09. The number of halogens is 3. The maximum atomic E-state index is 12.4. The summed E-state index contributed by atoms with van der Waals surface area (Å²) in [5.74, 6) is 0.175. The highest BCUT2D eigenvalue weighted by Crippen LogP contribution is 2.30. The number of sulfone groups is 1. The molecular formula is C12H17F3N2O2S. The number of benzene rings is 1. The van der Waals surface area contributed by atoms with Crippen LogP contribution >= 0.6 is 0 Å². The third-order valence-electron chi connectivity index (χ3n) is 3.09. The third kappa shape index (κ3) is 3.63. The highest BCUT2D eigenvalue weighted by Gasteiger charge is 2.46. The zero-order valence-electron chi connectivity index (χ0n) is 11.1. The zero-order chi connectivity index (χ0) is 15.6. The number of alkyl halides is 3. The predicted molar refractivity (Wildman–Crippen MR) is 71.0 cm³/mol. The fourth-order valence-corrected chi connectivity index (χ4v) is 2.23. The van der Waals surface area contributed by atoms with Gasteiger partial charge in [-0.3, -0.25) is 0 Å². The van der Waals surface area contributed by atoms with E-state index in [1.54, 1.807) is 0 Å². The summed E-state index contributed by atoms with van der Waals surface area (Å²) in [6.07, 6.45) is 0. The van der Waals surface area contributed by atoms with Gasteiger partial charge in [0.2, 0.25) is 0 Å². The number of rotatable bonds is 5. The normalized spacial score (nSPS) is 15.7. The number of anilines is 1. The second-order valence-electron chi connectivity index (χ2n) is 4.62. The summed E-state index contributed by atoms with van der Waals surface area (Å²) >= 11 is 0. The fourth-order valence-electron chi connectivity index (χ4n) is 1.47. The summed E-state index contributed by atoms with van der Waals surface area (Å²) in [6, 6.07) is 4.50.